The number of ether oxygens (including phenoxy) is 1. The summed E-state index contributed by atoms with van der Waals surface area (Å²) in [6.07, 6.45) is 3.30. The van der Waals surface area contributed by atoms with Crippen LogP contribution < -0.4 is 0 Å². The lowest BCUT2D eigenvalue weighted by molar-refractivity contribution is 0.0512. The Kier molecular flexibility index (Phi) is 5.27. The highest BCUT2D eigenvalue weighted by atomic mass is 16.5. The molecule has 2 heterocycles. The lowest BCUT2D eigenvalue weighted by Gasteiger charge is -2.27. The highest BCUT2D eigenvalue weighted by molar-refractivity contribution is 6.01. The molecule has 1 aliphatic heterocycles. The molecular weight excluding hydrogens is 280 g/mol. The predicted octanol–water partition coefficient (Wildman–Crippen LogP) is 2.93. The Labute approximate surface area is 132 Å². The minimum absolute atomic E-state index is 0.0486. The lowest BCUT2D eigenvalue weighted by atomic mass is 10.1. The van der Waals surface area contributed by atoms with Gasteiger partial charge in [0.1, 0.15) is 5.69 Å². The number of aromatic nitrogens is 1. The summed E-state index contributed by atoms with van der Waals surface area (Å²) >= 11 is 0. The van der Waals surface area contributed by atoms with E-state index in [9.17, 15) is 9.59 Å². The normalized spacial score (nSPS) is 15.0. The molecule has 0 spiro atoms. The van der Waals surface area contributed by atoms with E-state index < -0.39 is 0 Å². The second-order valence-electron chi connectivity index (χ2n) is 5.75. The summed E-state index contributed by atoms with van der Waals surface area (Å²) in [6, 6.07) is 0. The summed E-state index contributed by atoms with van der Waals surface area (Å²) in [5.41, 5.74) is 2.79. The summed E-state index contributed by atoms with van der Waals surface area (Å²) in [5, 5.41) is 0. The molecule has 0 radical (unpaired) electrons. The highest BCUT2D eigenvalue weighted by Crippen LogP contribution is 2.25. The largest absolute Gasteiger partial charge is 0.461 e. The number of piperidine rings is 1. The van der Waals surface area contributed by atoms with Crippen molar-refractivity contribution in [2.75, 3.05) is 19.7 Å². The van der Waals surface area contributed by atoms with Crippen LogP contribution in [0.15, 0.2) is 0 Å². The van der Waals surface area contributed by atoms with E-state index in [2.05, 4.69) is 0 Å². The first-order valence-electron chi connectivity index (χ1n) is 8.18. The summed E-state index contributed by atoms with van der Waals surface area (Å²) in [7, 11) is 0. The van der Waals surface area contributed by atoms with Crippen molar-refractivity contribution in [3.63, 3.8) is 0 Å². The van der Waals surface area contributed by atoms with Crippen molar-refractivity contribution < 1.29 is 14.3 Å². The summed E-state index contributed by atoms with van der Waals surface area (Å²) in [4.78, 5) is 27.0. The third-order valence-corrected chi connectivity index (χ3v) is 4.41. The fourth-order valence-corrected chi connectivity index (χ4v) is 3.32. The number of carbonyl (C=O) groups is 2. The van der Waals surface area contributed by atoms with Gasteiger partial charge in [0.15, 0.2) is 0 Å². The molecule has 1 aromatic rings. The van der Waals surface area contributed by atoms with E-state index in [0.717, 1.165) is 37.2 Å². The molecule has 0 saturated carbocycles. The second kappa shape index (κ2) is 6.99. The van der Waals surface area contributed by atoms with E-state index in [1.807, 2.05) is 30.2 Å². The molecule has 0 bridgehead atoms. The summed E-state index contributed by atoms with van der Waals surface area (Å²) in [5.74, 6) is -0.296. The van der Waals surface area contributed by atoms with Crippen molar-refractivity contribution in [2.45, 2.75) is 53.5 Å². The molecule has 1 fully saturated rings. The van der Waals surface area contributed by atoms with Gasteiger partial charge in [-0.2, -0.15) is 0 Å². The van der Waals surface area contributed by atoms with Crippen molar-refractivity contribution in [1.29, 1.82) is 0 Å². The van der Waals surface area contributed by atoms with Crippen LogP contribution in [0.25, 0.3) is 0 Å². The van der Waals surface area contributed by atoms with Crippen molar-refractivity contribution >= 4 is 11.9 Å². The van der Waals surface area contributed by atoms with Crippen LogP contribution in [0.2, 0.25) is 0 Å². The number of esters is 1. The average molecular weight is 306 g/mol. The van der Waals surface area contributed by atoms with Crippen molar-refractivity contribution in [3.05, 3.63) is 22.5 Å². The van der Waals surface area contributed by atoms with Gasteiger partial charge in [-0.3, -0.25) is 4.79 Å². The van der Waals surface area contributed by atoms with Crippen LogP contribution in [0.4, 0.5) is 0 Å². The summed E-state index contributed by atoms with van der Waals surface area (Å²) in [6.45, 7) is 10.1. The first-order chi connectivity index (χ1) is 10.5. The van der Waals surface area contributed by atoms with Gasteiger partial charge >= 0.3 is 5.97 Å². The third kappa shape index (κ3) is 2.89. The van der Waals surface area contributed by atoms with E-state index in [0.29, 0.717) is 24.4 Å². The molecule has 0 aromatic carbocycles. The number of nitrogens with zero attached hydrogens (tertiary/aromatic N) is 2. The molecule has 1 amide bonds. The second-order valence-corrected chi connectivity index (χ2v) is 5.75. The molecule has 1 aromatic heterocycles. The molecule has 2 rings (SSSR count). The molecule has 5 heteroatoms. The molecule has 0 atom stereocenters. The van der Waals surface area contributed by atoms with Crippen molar-refractivity contribution in [1.82, 2.24) is 9.47 Å². The monoisotopic (exact) mass is 306 g/mol. The van der Waals surface area contributed by atoms with Gasteiger partial charge in [-0.25, -0.2) is 4.79 Å². The van der Waals surface area contributed by atoms with Gasteiger partial charge in [0.05, 0.1) is 12.2 Å². The fraction of sp³-hybridized carbons (Fsp3) is 0.647. The van der Waals surface area contributed by atoms with E-state index in [1.165, 1.54) is 6.42 Å². The van der Waals surface area contributed by atoms with Crippen LogP contribution in [0.1, 0.15) is 65.2 Å². The standard InChI is InChI=1S/C17H26N2O3/c1-5-19-13(4)14(12(3)15(19)17(21)22-6-2)16(20)18-10-8-7-9-11-18/h5-11H2,1-4H3. The SMILES string of the molecule is CCOC(=O)c1c(C)c(C(=O)N2CCCCC2)c(C)n1CC. The Morgan fingerprint density at radius 3 is 2.27 bits per heavy atom. The quantitative estimate of drug-likeness (QED) is 0.804. The molecule has 5 nitrogen and oxygen atoms in total. The van der Waals surface area contributed by atoms with Crippen molar-refractivity contribution in [2.24, 2.45) is 0 Å². The topological polar surface area (TPSA) is 51.5 Å². The van der Waals surface area contributed by atoms with Crippen LogP contribution in [0.5, 0.6) is 0 Å². The first-order valence-corrected chi connectivity index (χ1v) is 8.18. The van der Waals surface area contributed by atoms with E-state index in [1.54, 1.807) is 6.92 Å². The van der Waals surface area contributed by atoms with Gasteiger partial charge in [-0.1, -0.05) is 0 Å². The Balaban J connectivity index is 2.43. The zero-order valence-electron chi connectivity index (χ0n) is 14.1. The Hall–Kier alpha value is -1.78. The van der Waals surface area contributed by atoms with Gasteiger partial charge in [0, 0.05) is 25.3 Å². The van der Waals surface area contributed by atoms with Gasteiger partial charge in [-0.15, -0.1) is 0 Å². The molecule has 0 N–H and O–H groups in total. The molecular formula is C17H26N2O3. The van der Waals surface area contributed by atoms with Crippen LogP contribution in [-0.2, 0) is 11.3 Å². The van der Waals surface area contributed by atoms with Crippen LogP contribution in [0, 0.1) is 13.8 Å². The van der Waals surface area contributed by atoms with Crippen LogP contribution >= 0.6 is 0 Å². The minimum Gasteiger partial charge on any atom is -0.461 e. The van der Waals surface area contributed by atoms with Gasteiger partial charge in [0.2, 0.25) is 0 Å². The van der Waals surface area contributed by atoms with E-state index >= 15 is 0 Å². The fourth-order valence-electron chi connectivity index (χ4n) is 3.32. The van der Waals surface area contributed by atoms with Crippen LogP contribution in [0.3, 0.4) is 0 Å². The number of rotatable bonds is 4. The van der Waals surface area contributed by atoms with E-state index in [-0.39, 0.29) is 11.9 Å². The molecule has 1 aliphatic rings. The number of hydrogen-bond donors (Lipinski definition) is 0. The Morgan fingerprint density at radius 2 is 1.73 bits per heavy atom. The Bertz CT molecular complexity index is 569. The predicted molar refractivity (Wildman–Crippen MR) is 85.3 cm³/mol. The zero-order valence-corrected chi connectivity index (χ0v) is 14.1. The number of hydrogen-bond acceptors (Lipinski definition) is 3. The molecule has 0 aliphatic carbocycles. The van der Waals surface area contributed by atoms with Crippen LogP contribution in [-0.4, -0.2) is 41.0 Å². The maximum atomic E-state index is 12.9. The Morgan fingerprint density at radius 1 is 1.09 bits per heavy atom. The molecule has 1 saturated heterocycles. The van der Waals surface area contributed by atoms with Gasteiger partial charge < -0.3 is 14.2 Å². The molecule has 0 unspecified atom stereocenters. The van der Waals surface area contributed by atoms with Crippen molar-refractivity contribution in [3.8, 4) is 0 Å². The molecule has 122 valence electrons. The highest BCUT2D eigenvalue weighted by Gasteiger charge is 2.29. The van der Waals surface area contributed by atoms with Gasteiger partial charge in [-0.05, 0) is 52.5 Å². The number of likely N-dealkylation sites (tertiary alicyclic amines) is 1. The smallest absolute Gasteiger partial charge is 0.355 e. The maximum absolute atomic E-state index is 12.9. The number of amides is 1. The van der Waals surface area contributed by atoms with Gasteiger partial charge in [0.25, 0.3) is 5.91 Å². The first kappa shape index (κ1) is 16.6. The third-order valence-electron chi connectivity index (χ3n) is 4.41. The maximum Gasteiger partial charge on any atom is 0.355 e. The zero-order chi connectivity index (χ0) is 16.3. The lowest BCUT2D eigenvalue weighted by Crippen LogP contribution is -2.36. The molecule has 22 heavy (non-hydrogen) atoms. The summed E-state index contributed by atoms with van der Waals surface area (Å²) < 4.78 is 7.05. The number of carbonyl (C=O) groups excluding carboxylic acids is 2. The minimum atomic E-state index is -0.345. The average Bonchev–Trinajstić information content (AvgIpc) is 2.78. The van der Waals surface area contributed by atoms with E-state index in [4.69, 9.17) is 4.74 Å².